The summed E-state index contributed by atoms with van der Waals surface area (Å²) in [4.78, 5) is 25.7. The van der Waals surface area contributed by atoms with Gasteiger partial charge in [0.05, 0.1) is 17.2 Å². The molecule has 0 saturated carbocycles. The first kappa shape index (κ1) is 12.2. The van der Waals surface area contributed by atoms with Gasteiger partial charge in [-0.3, -0.25) is 14.7 Å². The quantitative estimate of drug-likeness (QED) is 0.836. The molecule has 0 aliphatic carbocycles. The molecule has 1 aromatic heterocycles. The van der Waals surface area contributed by atoms with Gasteiger partial charge in [0.1, 0.15) is 0 Å². The Morgan fingerprint density at radius 2 is 2.11 bits per heavy atom. The van der Waals surface area contributed by atoms with Gasteiger partial charge in [-0.15, -0.1) is 0 Å². The minimum atomic E-state index is -0.786. The minimum Gasteiger partial charge on any atom is -0.481 e. The molecule has 1 aromatic rings. The van der Waals surface area contributed by atoms with Crippen LogP contribution in [0.2, 0.25) is 0 Å². The number of hydrogen-bond acceptors (Lipinski definition) is 3. The van der Waals surface area contributed by atoms with Crippen LogP contribution in [0.3, 0.4) is 0 Å². The number of carboxylic acid groups (broad SMARTS) is 1. The molecule has 3 rings (SSSR count). The zero-order valence-electron chi connectivity index (χ0n) is 11.0. The molecule has 0 radical (unpaired) electrons. The van der Waals surface area contributed by atoms with Gasteiger partial charge in [-0.2, -0.15) is 5.10 Å². The predicted molar refractivity (Wildman–Crippen MR) is 66.8 cm³/mol. The van der Waals surface area contributed by atoms with Gasteiger partial charge in [-0.25, -0.2) is 0 Å². The van der Waals surface area contributed by atoms with Gasteiger partial charge >= 0.3 is 5.97 Å². The molecular weight excluding hydrogens is 246 g/mol. The first-order valence-corrected chi connectivity index (χ1v) is 6.57. The van der Waals surface area contributed by atoms with E-state index >= 15 is 0 Å². The summed E-state index contributed by atoms with van der Waals surface area (Å²) in [5.41, 5.74) is 2.03. The summed E-state index contributed by atoms with van der Waals surface area (Å²) in [5.74, 6) is -1.26. The minimum absolute atomic E-state index is 0.0694. The normalized spacial score (nSPS) is 28.9. The third kappa shape index (κ3) is 1.66. The highest BCUT2D eigenvalue weighted by Gasteiger charge is 2.51. The lowest BCUT2D eigenvalue weighted by atomic mass is 9.89. The summed E-state index contributed by atoms with van der Waals surface area (Å²) < 4.78 is 0. The molecule has 6 nitrogen and oxygen atoms in total. The molecule has 2 aliphatic rings. The van der Waals surface area contributed by atoms with Crippen LogP contribution in [0.1, 0.15) is 41.0 Å². The molecule has 2 aliphatic heterocycles. The number of nitrogens with zero attached hydrogens (tertiary/aromatic N) is 2. The zero-order chi connectivity index (χ0) is 13.7. The Bertz CT molecular complexity index is 532. The van der Waals surface area contributed by atoms with Gasteiger partial charge in [-0.05, 0) is 33.1 Å². The van der Waals surface area contributed by atoms with Gasteiger partial charge < -0.3 is 10.0 Å². The SMILES string of the molecule is Cc1n[nH]c(C)c1C(=O)N1C2CCC1C(C(=O)O)C2. The number of rotatable bonds is 2. The number of carboxylic acids is 1. The van der Waals surface area contributed by atoms with Crippen LogP contribution in [-0.2, 0) is 4.79 Å². The summed E-state index contributed by atoms with van der Waals surface area (Å²) in [6.45, 7) is 3.61. The van der Waals surface area contributed by atoms with E-state index in [0.717, 1.165) is 18.5 Å². The molecule has 1 amide bonds. The van der Waals surface area contributed by atoms with Crippen molar-refractivity contribution in [3.05, 3.63) is 17.0 Å². The van der Waals surface area contributed by atoms with E-state index in [4.69, 9.17) is 0 Å². The Morgan fingerprint density at radius 3 is 2.63 bits per heavy atom. The van der Waals surface area contributed by atoms with Gasteiger partial charge in [-0.1, -0.05) is 0 Å². The van der Waals surface area contributed by atoms with E-state index in [-0.39, 0.29) is 18.0 Å². The highest BCUT2D eigenvalue weighted by atomic mass is 16.4. The summed E-state index contributed by atoms with van der Waals surface area (Å²) in [6, 6.07) is -0.0731. The monoisotopic (exact) mass is 263 g/mol. The Balaban J connectivity index is 1.92. The lowest BCUT2D eigenvalue weighted by Gasteiger charge is -2.23. The van der Waals surface area contributed by atoms with E-state index in [0.29, 0.717) is 17.7 Å². The number of amides is 1. The summed E-state index contributed by atoms with van der Waals surface area (Å²) in [5, 5.41) is 16.1. The van der Waals surface area contributed by atoms with Gasteiger partial charge in [0.15, 0.2) is 0 Å². The number of carbonyl (C=O) groups excluding carboxylic acids is 1. The largest absolute Gasteiger partial charge is 0.481 e. The molecular formula is C13H17N3O3. The fourth-order valence-electron chi connectivity index (χ4n) is 3.57. The zero-order valence-corrected chi connectivity index (χ0v) is 11.0. The molecule has 2 saturated heterocycles. The van der Waals surface area contributed by atoms with Gasteiger partial charge in [0, 0.05) is 17.8 Å². The van der Waals surface area contributed by atoms with Crippen molar-refractivity contribution in [2.45, 2.75) is 45.2 Å². The van der Waals surface area contributed by atoms with Crippen molar-refractivity contribution in [3.8, 4) is 0 Å². The number of H-pyrrole nitrogens is 1. The van der Waals surface area contributed by atoms with Crippen LogP contribution in [0.4, 0.5) is 0 Å². The van der Waals surface area contributed by atoms with Gasteiger partial charge in [0.2, 0.25) is 0 Å². The molecule has 2 fully saturated rings. The molecule has 6 heteroatoms. The number of nitrogens with one attached hydrogen (secondary N) is 1. The molecule has 0 spiro atoms. The molecule has 3 atom stereocenters. The maximum Gasteiger partial charge on any atom is 0.308 e. The number of hydrogen-bond donors (Lipinski definition) is 2. The van der Waals surface area contributed by atoms with Crippen LogP contribution < -0.4 is 0 Å². The van der Waals surface area contributed by atoms with Gasteiger partial charge in [0.25, 0.3) is 5.91 Å². The maximum atomic E-state index is 12.7. The van der Waals surface area contributed by atoms with Crippen molar-refractivity contribution < 1.29 is 14.7 Å². The van der Waals surface area contributed by atoms with Crippen LogP contribution >= 0.6 is 0 Å². The fraction of sp³-hybridized carbons (Fsp3) is 0.615. The molecule has 19 heavy (non-hydrogen) atoms. The standard InChI is InChI=1S/C13H17N3O3/c1-6-11(7(2)15-14-6)12(17)16-8-3-4-10(16)9(5-8)13(18)19/h8-10H,3-5H2,1-2H3,(H,14,15)(H,18,19). The number of fused-ring (bicyclic) bond motifs is 2. The van der Waals surface area contributed by atoms with Crippen LogP contribution in [0.25, 0.3) is 0 Å². The second-order valence-corrected chi connectivity index (χ2v) is 5.50. The Labute approximate surface area is 110 Å². The van der Waals surface area contributed by atoms with Crippen molar-refractivity contribution in [1.29, 1.82) is 0 Å². The predicted octanol–water partition coefficient (Wildman–Crippen LogP) is 1.10. The smallest absolute Gasteiger partial charge is 0.308 e. The van der Waals surface area contributed by atoms with Crippen LogP contribution in [0, 0.1) is 19.8 Å². The van der Waals surface area contributed by atoms with Crippen molar-refractivity contribution in [2.75, 3.05) is 0 Å². The summed E-state index contributed by atoms with van der Waals surface area (Å²) >= 11 is 0. The van der Waals surface area contributed by atoms with E-state index in [2.05, 4.69) is 10.2 Å². The van der Waals surface area contributed by atoms with E-state index < -0.39 is 11.9 Å². The number of carbonyl (C=O) groups is 2. The molecule has 102 valence electrons. The Hall–Kier alpha value is -1.85. The van der Waals surface area contributed by atoms with Crippen molar-refractivity contribution in [2.24, 2.45) is 5.92 Å². The average molecular weight is 263 g/mol. The number of aromatic nitrogens is 2. The highest BCUT2D eigenvalue weighted by Crippen LogP contribution is 2.42. The van der Waals surface area contributed by atoms with Crippen molar-refractivity contribution in [3.63, 3.8) is 0 Å². The number of aryl methyl sites for hydroxylation is 2. The van der Waals surface area contributed by atoms with Crippen LogP contribution in [0.15, 0.2) is 0 Å². The third-order valence-electron chi connectivity index (χ3n) is 4.43. The Morgan fingerprint density at radius 1 is 1.37 bits per heavy atom. The average Bonchev–Trinajstić information content (AvgIpc) is 3.01. The van der Waals surface area contributed by atoms with E-state index in [9.17, 15) is 14.7 Å². The van der Waals surface area contributed by atoms with Crippen molar-refractivity contribution >= 4 is 11.9 Å². The second kappa shape index (κ2) is 4.08. The lowest BCUT2D eigenvalue weighted by Crippen LogP contribution is -2.38. The topological polar surface area (TPSA) is 86.3 Å². The number of aliphatic carboxylic acids is 1. The molecule has 2 N–H and O–H groups in total. The summed E-state index contributed by atoms with van der Waals surface area (Å²) in [7, 11) is 0. The van der Waals surface area contributed by atoms with E-state index in [1.807, 2.05) is 6.92 Å². The first-order valence-electron chi connectivity index (χ1n) is 6.57. The number of aromatic amines is 1. The first-order chi connectivity index (χ1) is 9.00. The molecule has 3 unspecified atom stereocenters. The second-order valence-electron chi connectivity index (χ2n) is 5.50. The fourth-order valence-corrected chi connectivity index (χ4v) is 3.57. The summed E-state index contributed by atoms with van der Waals surface area (Å²) in [6.07, 6.45) is 2.29. The van der Waals surface area contributed by atoms with Crippen LogP contribution in [-0.4, -0.2) is 44.2 Å². The molecule has 2 bridgehead atoms. The van der Waals surface area contributed by atoms with E-state index in [1.165, 1.54) is 0 Å². The maximum absolute atomic E-state index is 12.7. The molecule has 3 heterocycles. The van der Waals surface area contributed by atoms with Crippen LogP contribution in [0.5, 0.6) is 0 Å². The highest BCUT2D eigenvalue weighted by molar-refractivity contribution is 5.97. The van der Waals surface area contributed by atoms with Crippen molar-refractivity contribution in [1.82, 2.24) is 15.1 Å². The molecule has 0 aromatic carbocycles. The Kier molecular flexibility index (Phi) is 2.62. The van der Waals surface area contributed by atoms with E-state index in [1.54, 1.807) is 11.8 Å². The third-order valence-corrected chi connectivity index (χ3v) is 4.43. The lowest BCUT2D eigenvalue weighted by molar-refractivity contribution is -0.142.